The fraction of sp³-hybridized carbons (Fsp3) is 0.400. The van der Waals surface area contributed by atoms with Crippen LogP contribution in [0.4, 0.5) is 0 Å². The Balaban J connectivity index is 2.04. The van der Waals surface area contributed by atoms with E-state index in [9.17, 15) is 9.59 Å². The number of hydrogen-bond donors (Lipinski definition) is 1. The number of carbonyl (C=O) groups is 2. The fourth-order valence-electron chi connectivity index (χ4n) is 1.63. The van der Waals surface area contributed by atoms with Gasteiger partial charge in [-0.25, -0.2) is 9.97 Å². The third-order valence-corrected chi connectivity index (χ3v) is 2.23. The summed E-state index contributed by atoms with van der Waals surface area (Å²) in [6.07, 6.45) is 1.67. The summed E-state index contributed by atoms with van der Waals surface area (Å²) >= 11 is 0. The molecule has 84 valence electrons. The molecule has 0 bridgehead atoms. The number of aryl methyl sites for hydroxylation is 1. The highest BCUT2D eigenvalue weighted by Gasteiger charge is 2.22. The smallest absolute Gasteiger partial charge is 0.240 e. The Bertz CT molecular complexity index is 417. The van der Waals surface area contributed by atoms with Gasteiger partial charge in [0.15, 0.2) is 0 Å². The van der Waals surface area contributed by atoms with Crippen LogP contribution in [0.3, 0.4) is 0 Å². The van der Waals surface area contributed by atoms with Crippen LogP contribution in [0, 0.1) is 6.92 Å². The summed E-state index contributed by atoms with van der Waals surface area (Å²) in [5.41, 5.74) is 0.815. The minimum absolute atomic E-state index is 0.231. The van der Waals surface area contributed by atoms with Crippen LogP contribution in [0.5, 0.6) is 0 Å². The molecule has 2 heterocycles. The molecule has 1 aromatic rings. The molecule has 6 nitrogen and oxygen atoms in total. The van der Waals surface area contributed by atoms with Crippen LogP contribution in [-0.4, -0.2) is 39.8 Å². The Labute approximate surface area is 92.7 Å². The fourth-order valence-corrected chi connectivity index (χ4v) is 1.63. The maximum absolute atomic E-state index is 11.1. The molecule has 0 aromatic carbocycles. The average molecular weight is 220 g/mol. The molecule has 2 amide bonds. The second kappa shape index (κ2) is 4.36. The summed E-state index contributed by atoms with van der Waals surface area (Å²) in [6.45, 7) is 2.75. The van der Waals surface area contributed by atoms with Crippen molar-refractivity contribution < 1.29 is 9.59 Å². The number of amides is 2. The molecule has 1 aliphatic rings. The first-order valence-corrected chi connectivity index (χ1v) is 4.97. The van der Waals surface area contributed by atoms with Crippen LogP contribution in [-0.2, 0) is 16.1 Å². The van der Waals surface area contributed by atoms with E-state index in [2.05, 4.69) is 15.3 Å². The normalized spacial score (nSPS) is 17.3. The molecular weight excluding hydrogens is 208 g/mol. The Kier molecular flexibility index (Phi) is 2.91. The van der Waals surface area contributed by atoms with Gasteiger partial charge in [0.2, 0.25) is 11.8 Å². The standard InChI is InChI=1S/C10H12N4O2/c1-7-11-3-2-8(12-7)4-14-5-9(15)13-10(16)6-14/h2-3H,4-6H2,1H3,(H,13,15,16). The SMILES string of the molecule is Cc1nccc(CN2CC(=O)NC(=O)C2)n1. The van der Waals surface area contributed by atoms with Crippen molar-refractivity contribution in [1.29, 1.82) is 0 Å². The van der Waals surface area contributed by atoms with Gasteiger partial charge in [-0.15, -0.1) is 0 Å². The average Bonchev–Trinajstić information content (AvgIpc) is 2.15. The highest BCUT2D eigenvalue weighted by Crippen LogP contribution is 2.03. The maximum atomic E-state index is 11.1. The van der Waals surface area contributed by atoms with Crippen molar-refractivity contribution in [1.82, 2.24) is 20.2 Å². The molecule has 0 saturated carbocycles. The first-order chi connectivity index (χ1) is 7.63. The largest absolute Gasteiger partial charge is 0.294 e. The Morgan fingerprint density at radius 2 is 2.06 bits per heavy atom. The Hall–Kier alpha value is -1.82. The second-order valence-electron chi connectivity index (χ2n) is 3.71. The molecule has 0 aliphatic carbocycles. The summed E-state index contributed by atoms with van der Waals surface area (Å²) in [5, 5.41) is 2.25. The van der Waals surface area contributed by atoms with Crippen LogP contribution in [0.1, 0.15) is 11.5 Å². The van der Waals surface area contributed by atoms with Crippen LogP contribution in [0.2, 0.25) is 0 Å². The Morgan fingerprint density at radius 3 is 2.69 bits per heavy atom. The van der Waals surface area contributed by atoms with E-state index >= 15 is 0 Å². The minimum atomic E-state index is -0.262. The van der Waals surface area contributed by atoms with Crippen LogP contribution in [0.25, 0.3) is 0 Å². The molecule has 1 fully saturated rings. The van der Waals surface area contributed by atoms with E-state index in [-0.39, 0.29) is 24.9 Å². The van der Waals surface area contributed by atoms with Crippen molar-refractivity contribution in [3.63, 3.8) is 0 Å². The van der Waals surface area contributed by atoms with Gasteiger partial charge in [0.05, 0.1) is 18.8 Å². The number of piperazine rings is 1. The van der Waals surface area contributed by atoms with E-state index in [1.165, 1.54) is 0 Å². The zero-order valence-electron chi connectivity index (χ0n) is 8.93. The van der Waals surface area contributed by atoms with Gasteiger partial charge in [-0.2, -0.15) is 0 Å². The van der Waals surface area contributed by atoms with Crippen molar-refractivity contribution in [2.24, 2.45) is 0 Å². The first kappa shape index (κ1) is 10.7. The third-order valence-electron chi connectivity index (χ3n) is 2.23. The van der Waals surface area contributed by atoms with Gasteiger partial charge in [-0.3, -0.25) is 19.8 Å². The van der Waals surface area contributed by atoms with E-state index in [1.54, 1.807) is 24.1 Å². The number of rotatable bonds is 2. The van der Waals surface area contributed by atoms with Gasteiger partial charge in [-0.05, 0) is 13.0 Å². The molecule has 1 aliphatic heterocycles. The molecule has 2 rings (SSSR count). The lowest BCUT2D eigenvalue weighted by Crippen LogP contribution is -2.50. The van der Waals surface area contributed by atoms with E-state index in [0.29, 0.717) is 12.4 Å². The van der Waals surface area contributed by atoms with Crippen LogP contribution >= 0.6 is 0 Å². The first-order valence-electron chi connectivity index (χ1n) is 4.97. The van der Waals surface area contributed by atoms with E-state index < -0.39 is 0 Å². The molecule has 16 heavy (non-hydrogen) atoms. The summed E-state index contributed by atoms with van der Waals surface area (Å²) < 4.78 is 0. The van der Waals surface area contributed by atoms with Crippen molar-refractivity contribution in [2.45, 2.75) is 13.5 Å². The minimum Gasteiger partial charge on any atom is -0.294 e. The summed E-state index contributed by atoms with van der Waals surface area (Å²) in [4.78, 5) is 32.2. The van der Waals surface area contributed by atoms with Crippen LogP contribution < -0.4 is 5.32 Å². The van der Waals surface area contributed by atoms with Crippen molar-refractivity contribution in [2.75, 3.05) is 13.1 Å². The number of imide groups is 1. The molecule has 0 spiro atoms. The topological polar surface area (TPSA) is 75.2 Å². The van der Waals surface area contributed by atoms with Crippen LogP contribution in [0.15, 0.2) is 12.3 Å². The van der Waals surface area contributed by atoms with E-state index in [4.69, 9.17) is 0 Å². The summed E-state index contributed by atoms with van der Waals surface area (Å²) in [5.74, 6) is 0.161. The maximum Gasteiger partial charge on any atom is 0.240 e. The molecule has 1 N–H and O–H groups in total. The second-order valence-corrected chi connectivity index (χ2v) is 3.71. The van der Waals surface area contributed by atoms with E-state index in [1.807, 2.05) is 0 Å². The molecule has 0 radical (unpaired) electrons. The van der Waals surface area contributed by atoms with E-state index in [0.717, 1.165) is 5.69 Å². The van der Waals surface area contributed by atoms with Gasteiger partial charge in [0, 0.05) is 12.7 Å². The van der Waals surface area contributed by atoms with Crippen molar-refractivity contribution in [3.8, 4) is 0 Å². The molecule has 1 aromatic heterocycles. The zero-order chi connectivity index (χ0) is 11.5. The number of carbonyl (C=O) groups excluding carboxylic acids is 2. The highest BCUT2D eigenvalue weighted by molar-refractivity contribution is 5.99. The van der Waals surface area contributed by atoms with Gasteiger partial charge < -0.3 is 0 Å². The van der Waals surface area contributed by atoms with Gasteiger partial charge in [0.1, 0.15) is 5.82 Å². The lowest BCUT2D eigenvalue weighted by atomic mass is 10.3. The lowest BCUT2D eigenvalue weighted by Gasteiger charge is -2.24. The number of nitrogens with one attached hydrogen (secondary N) is 1. The van der Waals surface area contributed by atoms with Crippen molar-refractivity contribution in [3.05, 3.63) is 23.8 Å². The number of aromatic nitrogens is 2. The number of hydrogen-bond acceptors (Lipinski definition) is 5. The predicted octanol–water partition coefficient (Wildman–Crippen LogP) is -0.757. The third kappa shape index (κ3) is 2.60. The molecule has 1 saturated heterocycles. The van der Waals surface area contributed by atoms with Gasteiger partial charge >= 0.3 is 0 Å². The molecule has 6 heteroatoms. The monoisotopic (exact) mass is 220 g/mol. The molecule has 0 atom stereocenters. The molecular formula is C10H12N4O2. The van der Waals surface area contributed by atoms with Gasteiger partial charge in [-0.1, -0.05) is 0 Å². The van der Waals surface area contributed by atoms with Crippen molar-refractivity contribution >= 4 is 11.8 Å². The highest BCUT2D eigenvalue weighted by atomic mass is 16.2. The Morgan fingerprint density at radius 1 is 1.38 bits per heavy atom. The quantitative estimate of drug-likeness (QED) is 0.663. The lowest BCUT2D eigenvalue weighted by molar-refractivity contribution is -0.136. The van der Waals surface area contributed by atoms with Gasteiger partial charge in [0.25, 0.3) is 0 Å². The number of nitrogens with zero attached hydrogens (tertiary/aromatic N) is 3. The predicted molar refractivity (Wildman–Crippen MR) is 55.2 cm³/mol. The zero-order valence-corrected chi connectivity index (χ0v) is 8.93. The summed E-state index contributed by atoms with van der Waals surface area (Å²) in [6, 6.07) is 1.78. The summed E-state index contributed by atoms with van der Waals surface area (Å²) in [7, 11) is 0. The molecule has 0 unspecified atom stereocenters.